The smallest absolute Gasteiger partial charge is 0.164 e. The van der Waals surface area contributed by atoms with E-state index in [1.807, 2.05) is 11.0 Å². The summed E-state index contributed by atoms with van der Waals surface area (Å²) in [5.41, 5.74) is 2.27. The zero-order chi connectivity index (χ0) is 12.4. The van der Waals surface area contributed by atoms with E-state index in [1.54, 1.807) is 6.07 Å². The summed E-state index contributed by atoms with van der Waals surface area (Å²) in [6, 6.07) is 4.81. The van der Waals surface area contributed by atoms with Gasteiger partial charge in [0, 0.05) is 13.1 Å². The molecule has 0 saturated carbocycles. The topological polar surface area (TPSA) is 20.3 Å². The molecule has 0 saturated heterocycles. The number of hydrogen-bond acceptors (Lipinski definition) is 2. The molecule has 2 rings (SSSR count). The van der Waals surface area contributed by atoms with Gasteiger partial charge in [0.05, 0.1) is 11.3 Å². The fourth-order valence-electron chi connectivity index (χ4n) is 2.11. The van der Waals surface area contributed by atoms with Crippen LogP contribution in [0.3, 0.4) is 0 Å². The molecule has 17 heavy (non-hydrogen) atoms. The van der Waals surface area contributed by atoms with E-state index >= 15 is 0 Å². The molecule has 3 heteroatoms. The molecule has 0 spiro atoms. The second-order valence-electron chi connectivity index (χ2n) is 4.44. The predicted octanol–water partition coefficient (Wildman–Crippen LogP) is 3.18. The standard InChI is InChI=1S/C14H16FNO/c1-10-6-8-16(9-7-10)13-5-3-4-12(15)14(13)11(2)17/h3-6H,7-9H2,1-2H3. The molecule has 0 aliphatic carbocycles. The van der Waals surface area contributed by atoms with E-state index in [4.69, 9.17) is 0 Å². The highest BCUT2D eigenvalue weighted by Crippen LogP contribution is 2.26. The molecule has 0 amide bonds. The van der Waals surface area contributed by atoms with Gasteiger partial charge in [-0.25, -0.2) is 4.39 Å². The zero-order valence-electron chi connectivity index (χ0n) is 10.2. The molecule has 1 aromatic carbocycles. The largest absolute Gasteiger partial charge is 0.367 e. The van der Waals surface area contributed by atoms with E-state index in [1.165, 1.54) is 18.6 Å². The van der Waals surface area contributed by atoms with Crippen molar-refractivity contribution >= 4 is 11.5 Å². The Morgan fingerprint density at radius 2 is 2.18 bits per heavy atom. The van der Waals surface area contributed by atoms with Crippen molar-refractivity contribution in [2.45, 2.75) is 20.3 Å². The Labute approximate surface area is 101 Å². The van der Waals surface area contributed by atoms with Gasteiger partial charge in [0.2, 0.25) is 0 Å². The molecule has 1 heterocycles. The van der Waals surface area contributed by atoms with E-state index < -0.39 is 5.82 Å². The van der Waals surface area contributed by atoms with Gasteiger partial charge in [-0.1, -0.05) is 17.7 Å². The summed E-state index contributed by atoms with van der Waals surface area (Å²) in [4.78, 5) is 13.6. The van der Waals surface area contributed by atoms with Crippen LogP contribution < -0.4 is 4.90 Å². The number of nitrogens with zero attached hydrogens (tertiary/aromatic N) is 1. The van der Waals surface area contributed by atoms with Gasteiger partial charge in [-0.15, -0.1) is 0 Å². The van der Waals surface area contributed by atoms with Crippen LogP contribution in [0.1, 0.15) is 30.6 Å². The van der Waals surface area contributed by atoms with Gasteiger partial charge in [0.15, 0.2) is 5.78 Å². The number of benzene rings is 1. The van der Waals surface area contributed by atoms with Gasteiger partial charge in [-0.05, 0) is 32.4 Å². The molecule has 0 unspecified atom stereocenters. The van der Waals surface area contributed by atoms with Gasteiger partial charge >= 0.3 is 0 Å². The molecule has 0 aromatic heterocycles. The first-order valence-corrected chi connectivity index (χ1v) is 5.79. The predicted molar refractivity (Wildman–Crippen MR) is 67.0 cm³/mol. The van der Waals surface area contributed by atoms with Crippen molar-refractivity contribution in [1.82, 2.24) is 0 Å². The Bertz CT molecular complexity index is 479. The first kappa shape index (κ1) is 11.8. The fourth-order valence-corrected chi connectivity index (χ4v) is 2.11. The number of carbonyl (C=O) groups is 1. The van der Waals surface area contributed by atoms with Crippen LogP contribution in [0.15, 0.2) is 29.8 Å². The van der Waals surface area contributed by atoms with Crippen molar-refractivity contribution in [2.24, 2.45) is 0 Å². The molecule has 0 radical (unpaired) electrons. The molecule has 1 aliphatic rings. The van der Waals surface area contributed by atoms with Crippen LogP contribution in [-0.4, -0.2) is 18.9 Å². The lowest BCUT2D eigenvalue weighted by Gasteiger charge is -2.29. The Morgan fingerprint density at radius 3 is 2.76 bits per heavy atom. The first-order valence-electron chi connectivity index (χ1n) is 5.79. The molecule has 0 bridgehead atoms. The number of Topliss-reactive ketones (excluding diaryl/α,β-unsaturated/α-hetero) is 1. The van der Waals surface area contributed by atoms with Gasteiger partial charge in [0.1, 0.15) is 5.82 Å². The van der Waals surface area contributed by atoms with Crippen LogP contribution in [0.25, 0.3) is 0 Å². The third-order valence-corrected chi connectivity index (χ3v) is 3.12. The van der Waals surface area contributed by atoms with Gasteiger partial charge in [-0.3, -0.25) is 4.79 Å². The number of ketones is 1. The maximum absolute atomic E-state index is 13.7. The highest BCUT2D eigenvalue weighted by Gasteiger charge is 2.18. The zero-order valence-corrected chi connectivity index (χ0v) is 10.2. The third kappa shape index (κ3) is 2.38. The summed E-state index contributed by atoms with van der Waals surface area (Å²) in [5.74, 6) is -0.648. The lowest BCUT2D eigenvalue weighted by atomic mass is 10.0. The van der Waals surface area contributed by atoms with Gasteiger partial charge in [-0.2, -0.15) is 0 Å². The van der Waals surface area contributed by atoms with Crippen molar-refractivity contribution in [3.8, 4) is 0 Å². The Balaban J connectivity index is 2.39. The van der Waals surface area contributed by atoms with Crippen LogP contribution in [0.2, 0.25) is 0 Å². The Kier molecular flexibility index (Phi) is 3.27. The molecule has 1 aliphatic heterocycles. The third-order valence-electron chi connectivity index (χ3n) is 3.12. The Hall–Kier alpha value is -1.64. The average Bonchev–Trinajstić information content (AvgIpc) is 2.29. The minimum Gasteiger partial charge on any atom is -0.367 e. The lowest BCUT2D eigenvalue weighted by Crippen LogP contribution is -2.29. The van der Waals surface area contributed by atoms with E-state index in [2.05, 4.69) is 13.0 Å². The van der Waals surface area contributed by atoms with Crippen LogP contribution >= 0.6 is 0 Å². The van der Waals surface area contributed by atoms with Crippen molar-refractivity contribution in [3.63, 3.8) is 0 Å². The minimum atomic E-state index is -0.429. The maximum atomic E-state index is 13.7. The number of anilines is 1. The van der Waals surface area contributed by atoms with Crippen molar-refractivity contribution in [3.05, 3.63) is 41.2 Å². The molecular weight excluding hydrogens is 217 g/mol. The van der Waals surface area contributed by atoms with Crippen molar-refractivity contribution in [2.75, 3.05) is 18.0 Å². The SMILES string of the molecule is CC(=O)c1c(F)cccc1N1CC=C(C)CC1. The summed E-state index contributed by atoms with van der Waals surface area (Å²) in [7, 11) is 0. The molecule has 0 atom stereocenters. The summed E-state index contributed by atoms with van der Waals surface area (Å²) < 4.78 is 13.7. The van der Waals surface area contributed by atoms with Crippen LogP contribution in [0.4, 0.5) is 10.1 Å². The van der Waals surface area contributed by atoms with E-state index in [0.717, 1.165) is 19.5 Å². The summed E-state index contributed by atoms with van der Waals surface area (Å²) in [6.45, 7) is 5.09. The molecule has 1 aromatic rings. The van der Waals surface area contributed by atoms with E-state index in [-0.39, 0.29) is 11.3 Å². The molecule has 0 fully saturated rings. The van der Waals surface area contributed by atoms with Crippen LogP contribution in [0, 0.1) is 5.82 Å². The summed E-state index contributed by atoms with van der Waals surface area (Å²) in [5, 5.41) is 0. The van der Waals surface area contributed by atoms with Crippen LogP contribution in [-0.2, 0) is 0 Å². The van der Waals surface area contributed by atoms with E-state index in [9.17, 15) is 9.18 Å². The monoisotopic (exact) mass is 233 g/mol. The highest BCUT2D eigenvalue weighted by atomic mass is 19.1. The number of rotatable bonds is 2. The second-order valence-corrected chi connectivity index (χ2v) is 4.44. The molecular formula is C14H16FNO. The summed E-state index contributed by atoms with van der Waals surface area (Å²) in [6.07, 6.45) is 3.09. The number of carbonyl (C=O) groups excluding carboxylic acids is 1. The molecule has 2 nitrogen and oxygen atoms in total. The fraction of sp³-hybridized carbons (Fsp3) is 0.357. The highest BCUT2D eigenvalue weighted by molar-refractivity contribution is 6.00. The first-order chi connectivity index (χ1) is 8.09. The summed E-state index contributed by atoms with van der Waals surface area (Å²) >= 11 is 0. The van der Waals surface area contributed by atoms with Crippen LogP contribution in [0.5, 0.6) is 0 Å². The minimum absolute atomic E-state index is 0.209. The van der Waals surface area contributed by atoms with Crippen molar-refractivity contribution in [1.29, 1.82) is 0 Å². The van der Waals surface area contributed by atoms with Gasteiger partial charge < -0.3 is 4.90 Å². The molecule has 0 N–H and O–H groups in total. The quantitative estimate of drug-likeness (QED) is 0.577. The van der Waals surface area contributed by atoms with Gasteiger partial charge in [0.25, 0.3) is 0 Å². The maximum Gasteiger partial charge on any atom is 0.164 e. The van der Waals surface area contributed by atoms with E-state index in [0.29, 0.717) is 5.69 Å². The average molecular weight is 233 g/mol. The molecule has 90 valence electrons. The number of halogens is 1. The number of hydrogen-bond donors (Lipinski definition) is 0. The normalized spacial score (nSPS) is 15.7. The second kappa shape index (κ2) is 4.70. The Morgan fingerprint density at radius 1 is 1.41 bits per heavy atom. The lowest BCUT2D eigenvalue weighted by molar-refractivity contribution is 0.101. The van der Waals surface area contributed by atoms with Crippen molar-refractivity contribution < 1.29 is 9.18 Å².